The quantitative estimate of drug-likeness (QED) is 0.861. The summed E-state index contributed by atoms with van der Waals surface area (Å²) in [6, 6.07) is 3.23. The Morgan fingerprint density at radius 2 is 2.05 bits per heavy atom. The highest BCUT2D eigenvalue weighted by Crippen LogP contribution is 2.21. The molecule has 0 radical (unpaired) electrons. The number of rotatable bonds is 6. The van der Waals surface area contributed by atoms with E-state index in [9.17, 15) is 17.6 Å². The fourth-order valence-corrected chi connectivity index (χ4v) is 2.57. The van der Waals surface area contributed by atoms with Crippen molar-refractivity contribution in [3.05, 3.63) is 24.0 Å². The predicted octanol–water partition coefficient (Wildman–Crippen LogP) is 1.44. The van der Waals surface area contributed by atoms with Gasteiger partial charge in [0.1, 0.15) is 11.9 Å². The number of nitrogens with one attached hydrogen (secondary N) is 1. The number of amides is 1. The molecule has 0 aromatic heterocycles. The Labute approximate surface area is 123 Å². The molecule has 0 heterocycles. The Kier molecular flexibility index (Phi) is 5.82. The van der Waals surface area contributed by atoms with Gasteiger partial charge in [-0.2, -0.15) is 0 Å². The van der Waals surface area contributed by atoms with Crippen molar-refractivity contribution in [2.24, 2.45) is 0 Å². The molecule has 1 amide bonds. The molecular weight excluding hydrogens is 299 g/mol. The largest absolute Gasteiger partial charge is 0.372 e. The van der Waals surface area contributed by atoms with Crippen LogP contribution in [0, 0.1) is 5.82 Å². The minimum absolute atomic E-state index is 0.102. The summed E-state index contributed by atoms with van der Waals surface area (Å²) in [6.45, 7) is 1.75. The first-order valence-electron chi connectivity index (χ1n) is 6.29. The fraction of sp³-hybridized carbons (Fsp3) is 0.462. The van der Waals surface area contributed by atoms with Gasteiger partial charge in [0.25, 0.3) is 5.91 Å². The van der Waals surface area contributed by atoms with Crippen molar-refractivity contribution in [3.8, 4) is 0 Å². The van der Waals surface area contributed by atoms with Crippen LogP contribution in [0.25, 0.3) is 0 Å². The first kappa shape index (κ1) is 17.5. The van der Waals surface area contributed by atoms with Gasteiger partial charge in [-0.3, -0.25) is 4.79 Å². The maximum absolute atomic E-state index is 13.7. The van der Waals surface area contributed by atoms with Crippen LogP contribution in [0.1, 0.15) is 13.3 Å². The van der Waals surface area contributed by atoms with E-state index in [0.717, 1.165) is 22.5 Å². The number of hydrogen-bond donors (Lipinski definition) is 1. The molecule has 1 N–H and O–H groups in total. The normalized spacial score (nSPS) is 13.2. The fourth-order valence-electron chi connectivity index (χ4n) is 1.64. The number of sulfonamides is 1. The Morgan fingerprint density at radius 3 is 2.52 bits per heavy atom. The Morgan fingerprint density at radius 1 is 1.43 bits per heavy atom. The van der Waals surface area contributed by atoms with Crippen LogP contribution in [-0.4, -0.2) is 45.9 Å². The molecule has 21 heavy (non-hydrogen) atoms. The van der Waals surface area contributed by atoms with E-state index < -0.39 is 27.9 Å². The minimum Gasteiger partial charge on any atom is -0.372 e. The summed E-state index contributed by atoms with van der Waals surface area (Å²) < 4.78 is 43.7. The molecule has 0 aliphatic carbocycles. The second-order valence-electron chi connectivity index (χ2n) is 4.55. The number of benzene rings is 1. The van der Waals surface area contributed by atoms with Crippen molar-refractivity contribution in [1.29, 1.82) is 0 Å². The first-order valence-corrected chi connectivity index (χ1v) is 7.73. The number of nitrogens with zero attached hydrogens (tertiary/aromatic N) is 1. The van der Waals surface area contributed by atoms with E-state index >= 15 is 0 Å². The highest BCUT2D eigenvalue weighted by molar-refractivity contribution is 7.89. The van der Waals surface area contributed by atoms with Gasteiger partial charge in [-0.25, -0.2) is 17.1 Å². The predicted molar refractivity (Wildman–Crippen MR) is 77.0 cm³/mol. The number of hydrogen-bond acceptors (Lipinski definition) is 4. The molecule has 1 aromatic rings. The SMILES string of the molecule is CCC(OC)C(=O)Nc1cc(S(=O)(=O)N(C)C)ccc1F. The van der Waals surface area contributed by atoms with Gasteiger partial charge < -0.3 is 10.1 Å². The second kappa shape index (κ2) is 6.97. The zero-order valence-corrected chi connectivity index (χ0v) is 13.2. The van der Waals surface area contributed by atoms with Gasteiger partial charge in [-0.15, -0.1) is 0 Å². The van der Waals surface area contributed by atoms with Gasteiger partial charge in [0.15, 0.2) is 0 Å². The summed E-state index contributed by atoms with van der Waals surface area (Å²) in [6.07, 6.45) is -0.307. The molecule has 0 aliphatic rings. The molecule has 0 saturated heterocycles. The van der Waals surface area contributed by atoms with Gasteiger partial charge in [-0.1, -0.05) is 6.92 Å². The average Bonchev–Trinajstić information content (AvgIpc) is 2.42. The van der Waals surface area contributed by atoms with Crippen LogP contribution in [0.15, 0.2) is 23.1 Å². The number of carbonyl (C=O) groups is 1. The summed E-state index contributed by atoms with van der Waals surface area (Å²) in [5.41, 5.74) is -0.196. The van der Waals surface area contributed by atoms with Crippen LogP contribution in [0.4, 0.5) is 10.1 Å². The van der Waals surface area contributed by atoms with Crippen LogP contribution in [0.2, 0.25) is 0 Å². The lowest BCUT2D eigenvalue weighted by Gasteiger charge is -2.15. The minimum atomic E-state index is -3.70. The third-order valence-electron chi connectivity index (χ3n) is 2.92. The molecule has 1 rings (SSSR count). The van der Waals surface area contributed by atoms with E-state index in [1.807, 2.05) is 0 Å². The first-order chi connectivity index (χ1) is 9.73. The zero-order valence-electron chi connectivity index (χ0n) is 12.4. The molecule has 0 fully saturated rings. The van der Waals surface area contributed by atoms with Crippen molar-refractivity contribution in [2.75, 3.05) is 26.5 Å². The van der Waals surface area contributed by atoms with Gasteiger partial charge in [0.05, 0.1) is 10.6 Å². The molecule has 6 nitrogen and oxygen atoms in total. The Bertz CT molecular complexity index is 613. The summed E-state index contributed by atoms with van der Waals surface area (Å²) in [4.78, 5) is 11.8. The molecule has 1 unspecified atom stereocenters. The summed E-state index contributed by atoms with van der Waals surface area (Å²) in [5.74, 6) is -1.25. The molecular formula is C13H19FN2O4S. The van der Waals surface area contributed by atoms with Gasteiger partial charge in [-0.05, 0) is 24.6 Å². The lowest BCUT2D eigenvalue weighted by Crippen LogP contribution is -2.29. The van der Waals surface area contributed by atoms with E-state index in [1.165, 1.54) is 21.2 Å². The molecule has 8 heteroatoms. The van der Waals surface area contributed by atoms with Crippen LogP contribution in [-0.2, 0) is 19.6 Å². The topological polar surface area (TPSA) is 75.7 Å². The van der Waals surface area contributed by atoms with Gasteiger partial charge in [0.2, 0.25) is 10.0 Å². The van der Waals surface area contributed by atoms with Crippen molar-refractivity contribution in [3.63, 3.8) is 0 Å². The van der Waals surface area contributed by atoms with Crippen molar-refractivity contribution in [1.82, 2.24) is 4.31 Å². The molecule has 1 atom stereocenters. The molecule has 0 bridgehead atoms. The molecule has 0 aliphatic heterocycles. The standard InChI is InChI=1S/C13H19FN2O4S/c1-5-12(20-4)13(17)15-11-8-9(6-7-10(11)14)21(18,19)16(2)3/h6-8,12H,5H2,1-4H3,(H,15,17). The van der Waals surface area contributed by atoms with Crippen molar-refractivity contribution < 1.29 is 22.3 Å². The third kappa shape index (κ3) is 3.99. The monoisotopic (exact) mass is 318 g/mol. The van der Waals surface area contributed by atoms with E-state index in [2.05, 4.69) is 5.32 Å². The van der Waals surface area contributed by atoms with Crippen LogP contribution < -0.4 is 5.32 Å². The molecule has 118 valence electrons. The van der Waals surface area contributed by atoms with Crippen LogP contribution >= 0.6 is 0 Å². The number of ether oxygens (including phenoxy) is 1. The maximum Gasteiger partial charge on any atom is 0.253 e. The zero-order chi connectivity index (χ0) is 16.2. The Balaban J connectivity index is 3.12. The van der Waals surface area contributed by atoms with Gasteiger partial charge >= 0.3 is 0 Å². The highest BCUT2D eigenvalue weighted by Gasteiger charge is 2.21. The van der Waals surface area contributed by atoms with Crippen molar-refractivity contribution >= 4 is 21.6 Å². The molecule has 0 spiro atoms. The summed E-state index contributed by atoms with van der Waals surface area (Å²) in [7, 11) is 0.413. The molecule has 1 aromatic carbocycles. The lowest BCUT2D eigenvalue weighted by atomic mass is 10.2. The average molecular weight is 318 g/mol. The van der Waals surface area contributed by atoms with E-state index in [-0.39, 0.29) is 10.6 Å². The van der Waals surface area contributed by atoms with Crippen LogP contribution in [0.5, 0.6) is 0 Å². The number of methoxy groups -OCH3 is 1. The van der Waals surface area contributed by atoms with Gasteiger partial charge in [0, 0.05) is 21.2 Å². The number of carbonyl (C=O) groups excluding carboxylic acids is 1. The smallest absolute Gasteiger partial charge is 0.253 e. The third-order valence-corrected chi connectivity index (χ3v) is 4.73. The van der Waals surface area contributed by atoms with Crippen molar-refractivity contribution in [2.45, 2.75) is 24.3 Å². The van der Waals surface area contributed by atoms with Crippen LogP contribution in [0.3, 0.4) is 0 Å². The van der Waals surface area contributed by atoms with E-state index in [4.69, 9.17) is 4.74 Å². The molecule has 0 saturated carbocycles. The maximum atomic E-state index is 13.7. The number of anilines is 1. The van der Waals surface area contributed by atoms with E-state index in [0.29, 0.717) is 6.42 Å². The second-order valence-corrected chi connectivity index (χ2v) is 6.70. The number of halogens is 1. The summed E-state index contributed by atoms with van der Waals surface area (Å²) in [5, 5.41) is 2.34. The Hall–Kier alpha value is -1.51. The highest BCUT2D eigenvalue weighted by atomic mass is 32.2. The summed E-state index contributed by atoms with van der Waals surface area (Å²) >= 11 is 0. The lowest BCUT2D eigenvalue weighted by molar-refractivity contribution is -0.125. The van der Waals surface area contributed by atoms with E-state index in [1.54, 1.807) is 6.92 Å².